The minimum atomic E-state index is -5.04. The zero-order valence-corrected chi connectivity index (χ0v) is 27.6. The van der Waals surface area contributed by atoms with E-state index in [0.29, 0.717) is 47.8 Å². The van der Waals surface area contributed by atoms with Gasteiger partial charge in [-0.15, -0.1) is 0 Å². The van der Waals surface area contributed by atoms with Crippen LogP contribution in [0.1, 0.15) is 59.3 Å². The molecule has 2 atom stereocenters. The summed E-state index contributed by atoms with van der Waals surface area (Å²) in [7, 11) is 3.63. The van der Waals surface area contributed by atoms with E-state index >= 15 is 0 Å². The van der Waals surface area contributed by atoms with Gasteiger partial charge in [0.2, 0.25) is 0 Å². The molecule has 2 aromatic heterocycles. The van der Waals surface area contributed by atoms with Gasteiger partial charge in [0.1, 0.15) is 0 Å². The van der Waals surface area contributed by atoms with Gasteiger partial charge in [0, 0.05) is 59.8 Å². The fraction of sp³-hybridized carbons (Fsp3) is 0.389. The highest BCUT2D eigenvalue weighted by atomic mass is 19.4. The second-order valence-electron chi connectivity index (χ2n) is 12.8. The number of hydrogen-bond acceptors (Lipinski definition) is 4. The Kier molecular flexibility index (Phi) is 11.0. The lowest BCUT2D eigenvalue weighted by molar-refractivity contribution is -0.143. The Morgan fingerprint density at radius 1 is 0.500 bits per heavy atom. The number of rotatable bonds is 8. The fourth-order valence-corrected chi connectivity index (χ4v) is 6.87. The lowest BCUT2D eigenvalue weighted by Crippen LogP contribution is -2.50. The van der Waals surface area contributed by atoms with Gasteiger partial charge in [0.05, 0.1) is 33.6 Å². The van der Waals surface area contributed by atoms with Gasteiger partial charge in [-0.05, 0) is 63.3 Å². The van der Waals surface area contributed by atoms with Gasteiger partial charge in [-0.25, -0.2) is 0 Å². The standard InChI is InChI=1S/C36H32F12N4/c1-51(19-23-15-13-21(17-49-23)31-25(33(37,38)39)7-5-8-26(31)34(40,41)42)29-11-3-4-12-30(29)52(2)20-24-16-14-22(18-50-24)32-27(35(43,44)45)9-6-10-28(32)36(46,47)48/h5-10,13-18,29-30H,3-4,11-12,19-20H2,1-2H3/t29-,30-/m0/s1. The normalized spacial score (nSPS) is 17.6. The van der Waals surface area contributed by atoms with Crippen molar-refractivity contribution in [2.45, 2.75) is 75.6 Å². The van der Waals surface area contributed by atoms with E-state index < -0.39 is 58.1 Å². The second-order valence-corrected chi connectivity index (χ2v) is 12.8. The van der Waals surface area contributed by atoms with E-state index in [9.17, 15) is 52.7 Å². The highest BCUT2D eigenvalue weighted by Gasteiger charge is 2.42. The molecule has 4 aromatic rings. The molecule has 1 aliphatic rings. The summed E-state index contributed by atoms with van der Waals surface area (Å²) in [6.45, 7) is 0.435. The molecule has 0 spiro atoms. The molecule has 2 heterocycles. The summed E-state index contributed by atoms with van der Waals surface area (Å²) in [6.07, 6.45) is -14.9. The van der Waals surface area contributed by atoms with Crippen molar-refractivity contribution < 1.29 is 52.7 Å². The Bertz CT molecular complexity index is 1630. The molecule has 280 valence electrons. The summed E-state index contributed by atoms with van der Waals surface area (Å²) in [5.74, 6) is 0. The van der Waals surface area contributed by atoms with Crippen molar-refractivity contribution in [1.29, 1.82) is 0 Å². The highest BCUT2D eigenvalue weighted by Crippen LogP contribution is 2.46. The highest BCUT2D eigenvalue weighted by molar-refractivity contribution is 5.73. The number of aromatic nitrogens is 2. The molecule has 0 aliphatic heterocycles. The third-order valence-electron chi connectivity index (χ3n) is 9.23. The molecule has 2 aromatic carbocycles. The van der Waals surface area contributed by atoms with Crippen molar-refractivity contribution >= 4 is 0 Å². The Hall–Kier alpha value is -4.18. The smallest absolute Gasteiger partial charge is 0.296 e. The number of nitrogens with zero attached hydrogens (tertiary/aromatic N) is 4. The van der Waals surface area contributed by atoms with E-state index in [0.717, 1.165) is 38.1 Å². The number of alkyl halides is 12. The molecule has 0 unspecified atom stereocenters. The first-order valence-corrected chi connectivity index (χ1v) is 16.0. The molecule has 52 heavy (non-hydrogen) atoms. The first-order chi connectivity index (χ1) is 24.2. The van der Waals surface area contributed by atoms with Crippen LogP contribution < -0.4 is 0 Å². The zero-order chi connectivity index (χ0) is 38.2. The number of pyridine rings is 2. The van der Waals surface area contributed by atoms with Crippen LogP contribution in [0.25, 0.3) is 22.3 Å². The number of benzene rings is 2. The first kappa shape index (κ1) is 39.0. The van der Waals surface area contributed by atoms with Crippen molar-refractivity contribution in [3.05, 3.63) is 107 Å². The lowest BCUT2D eigenvalue weighted by Gasteiger charge is -2.42. The Labute approximate surface area is 291 Å². The van der Waals surface area contributed by atoms with Gasteiger partial charge in [-0.3, -0.25) is 19.8 Å². The van der Waals surface area contributed by atoms with Crippen LogP contribution in [0.4, 0.5) is 52.7 Å². The quantitative estimate of drug-likeness (QED) is 0.168. The largest absolute Gasteiger partial charge is 0.417 e. The van der Waals surface area contributed by atoms with E-state index in [1.165, 1.54) is 24.3 Å². The SMILES string of the molecule is CN(Cc1ccc(-c2c(C(F)(F)F)cccc2C(F)(F)F)cn1)[C@H]1CCCC[C@@H]1N(C)Cc1ccc(-c2c(C(F)(F)F)cccc2C(F)(F)F)cn1. The predicted molar refractivity (Wildman–Crippen MR) is 168 cm³/mol. The van der Waals surface area contributed by atoms with Crippen LogP contribution in [0.5, 0.6) is 0 Å². The van der Waals surface area contributed by atoms with Gasteiger partial charge >= 0.3 is 24.7 Å². The zero-order valence-electron chi connectivity index (χ0n) is 27.6. The van der Waals surface area contributed by atoms with E-state index in [4.69, 9.17) is 0 Å². The minimum absolute atomic E-state index is 0.0738. The molecular formula is C36H32F12N4. The molecule has 0 radical (unpaired) electrons. The van der Waals surface area contributed by atoms with Crippen molar-refractivity contribution in [3.8, 4) is 22.3 Å². The lowest BCUT2D eigenvalue weighted by atomic mass is 9.88. The van der Waals surface area contributed by atoms with Crippen molar-refractivity contribution in [2.24, 2.45) is 0 Å². The third kappa shape index (κ3) is 8.71. The van der Waals surface area contributed by atoms with Crippen LogP contribution in [0.2, 0.25) is 0 Å². The second kappa shape index (κ2) is 14.7. The predicted octanol–water partition coefficient (Wildman–Crippen LogP) is 10.8. The van der Waals surface area contributed by atoms with Crippen molar-refractivity contribution in [2.75, 3.05) is 14.1 Å². The molecule has 0 bridgehead atoms. The van der Waals surface area contributed by atoms with Crippen molar-refractivity contribution in [1.82, 2.24) is 19.8 Å². The summed E-state index contributed by atoms with van der Waals surface area (Å²) < 4.78 is 165. The topological polar surface area (TPSA) is 32.3 Å². The van der Waals surface area contributed by atoms with Crippen molar-refractivity contribution in [3.63, 3.8) is 0 Å². The maximum Gasteiger partial charge on any atom is 0.417 e. The third-order valence-corrected chi connectivity index (χ3v) is 9.23. The van der Waals surface area contributed by atoms with Gasteiger partial charge < -0.3 is 0 Å². The molecule has 5 rings (SSSR count). The number of hydrogen-bond donors (Lipinski definition) is 0. The Balaban J connectivity index is 1.32. The maximum absolute atomic E-state index is 13.7. The van der Waals surface area contributed by atoms with E-state index in [2.05, 4.69) is 9.97 Å². The van der Waals surface area contributed by atoms with Gasteiger partial charge in [0.15, 0.2) is 0 Å². The van der Waals surface area contributed by atoms with Crippen LogP contribution in [-0.2, 0) is 37.8 Å². The first-order valence-electron chi connectivity index (χ1n) is 16.0. The average Bonchev–Trinajstić information content (AvgIpc) is 3.06. The van der Waals surface area contributed by atoms with E-state index in [1.54, 1.807) is 0 Å². The van der Waals surface area contributed by atoms with Gasteiger partial charge in [-0.1, -0.05) is 37.1 Å². The van der Waals surface area contributed by atoms with Crippen LogP contribution in [0, 0.1) is 0 Å². The van der Waals surface area contributed by atoms with Crippen LogP contribution in [0.3, 0.4) is 0 Å². The summed E-state index contributed by atoms with van der Waals surface area (Å²) >= 11 is 0. The maximum atomic E-state index is 13.7. The summed E-state index contributed by atoms with van der Waals surface area (Å²) in [5, 5.41) is 0. The molecule has 1 aliphatic carbocycles. The molecule has 16 heteroatoms. The summed E-state index contributed by atoms with van der Waals surface area (Å²) in [6, 6.07) is 8.75. The van der Waals surface area contributed by atoms with Crippen LogP contribution in [-0.4, -0.2) is 45.9 Å². The van der Waals surface area contributed by atoms with Crippen LogP contribution >= 0.6 is 0 Å². The Morgan fingerprint density at radius 3 is 1.06 bits per heavy atom. The molecular weight excluding hydrogens is 716 g/mol. The molecule has 4 nitrogen and oxygen atoms in total. The summed E-state index contributed by atoms with van der Waals surface area (Å²) in [4.78, 5) is 12.4. The number of likely N-dealkylation sites (N-methyl/N-ethyl adjacent to an activating group) is 2. The van der Waals surface area contributed by atoms with Crippen LogP contribution in [0.15, 0.2) is 73.1 Å². The van der Waals surface area contributed by atoms with Gasteiger partial charge in [0.25, 0.3) is 0 Å². The molecule has 0 N–H and O–H groups in total. The van der Waals surface area contributed by atoms with E-state index in [1.807, 2.05) is 23.9 Å². The Morgan fingerprint density at radius 2 is 0.808 bits per heavy atom. The summed E-state index contributed by atoms with van der Waals surface area (Å²) in [5.41, 5.74) is -7.57. The van der Waals surface area contributed by atoms with E-state index in [-0.39, 0.29) is 36.3 Å². The average molecular weight is 749 g/mol. The van der Waals surface area contributed by atoms with Gasteiger partial charge in [-0.2, -0.15) is 52.7 Å². The molecule has 0 amide bonds. The molecule has 0 saturated heterocycles. The molecule has 1 saturated carbocycles. The fourth-order valence-electron chi connectivity index (χ4n) is 6.87. The number of halogens is 12. The monoisotopic (exact) mass is 748 g/mol. The molecule has 1 fully saturated rings. The minimum Gasteiger partial charge on any atom is -0.296 e.